The van der Waals surface area contributed by atoms with Crippen LogP contribution in [0.3, 0.4) is 0 Å². The van der Waals surface area contributed by atoms with E-state index in [1.807, 2.05) is 6.20 Å². The molecule has 3 nitrogen and oxygen atoms in total. The van der Waals surface area contributed by atoms with Gasteiger partial charge in [0.05, 0.1) is 11.7 Å². The van der Waals surface area contributed by atoms with Crippen LogP contribution in [0.5, 0.6) is 5.75 Å². The molecule has 0 spiro atoms. The number of fused-ring (bicyclic) bond motifs is 1. The normalized spacial score (nSPS) is 10.8. The molecular formula is C24H24ClFN2O. The lowest BCUT2D eigenvalue weighted by molar-refractivity contribution is 0.307. The molecule has 0 saturated carbocycles. The molecule has 2 heterocycles. The second-order valence-electron chi connectivity index (χ2n) is 7.23. The zero-order valence-electron chi connectivity index (χ0n) is 16.8. The lowest BCUT2D eigenvalue weighted by atomic mass is 10.1. The second-order valence-corrected chi connectivity index (χ2v) is 7.23. The molecule has 150 valence electrons. The Hall–Kier alpha value is -2.85. The fourth-order valence-electron chi connectivity index (χ4n) is 3.47. The Labute approximate surface area is 176 Å². The molecule has 29 heavy (non-hydrogen) atoms. The van der Waals surface area contributed by atoms with Gasteiger partial charge in [0.25, 0.3) is 0 Å². The number of benzene rings is 2. The molecule has 5 heteroatoms. The second kappa shape index (κ2) is 8.66. The minimum absolute atomic E-state index is 0. The molecular weight excluding hydrogens is 387 g/mol. The van der Waals surface area contributed by atoms with E-state index in [0.29, 0.717) is 6.61 Å². The summed E-state index contributed by atoms with van der Waals surface area (Å²) in [7, 11) is 0. The Morgan fingerprint density at radius 2 is 1.55 bits per heavy atom. The quantitative estimate of drug-likeness (QED) is 0.394. The Bertz CT molecular complexity index is 1120. The van der Waals surface area contributed by atoms with Crippen LogP contribution in [0.15, 0.2) is 60.9 Å². The number of hydrogen-bond acceptors (Lipinski definition) is 2. The van der Waals surface area contributed by atoms with Crippen LogP contribution >= 0.6 is 12.4 Å². The zero-order chi connectivity index (χ0) is 19.7. The van der Waals surface area contributed by atoms with Crippen LogP contribution < -0.4 is 4.74 Å². The molecule has 0 aliphatic carbocycles. The number of pyridine rings is 1. The first-order valence-corrected chi connectivity index (χ1v) is 9.39. The number of nitrogens with zero attached hydrogens (tertiary/aromatic N) is 2. The van der Waals surface area contributed by atoms with Crippen molar-refractivity contribution >= 4 is 23.3 Å². The predicted octanol–water partition coefficient (Wildman–Crippen LogP) is 6.15. The Kier molecular flexibility index (Phi) is 6.23. The summed E-state index contributed by atoms with van der Waals surface area (Å²) < 4.78 is 21.5. The third-order valence-electron chi connectivity index (χ3n) is 5.27. The first-order chi connectivity index (χ1) is 13.5. The molecule has 0 bridgehead atoms. The van der Waals surface area contributed by atoms with Gasteiger partial charge in [-0.1, -0.05) is 42.0 Å². The summed E-state index contributed by atoms with van der Waals surface area (Å²) in [5.74, 6) is 0.496. The van der Waals surface area contributed by atoms with Gasteiger partial charge in [0, 0.05) is 23.8 Å². The summed E-state index contributed by atoms with van der Waals surface area (Å²) in [4.78, 5) is 4.37. The van der Waals surface area contributed by atoms with Crippen LogP contribution in [-0.4, -0.2) is 9.55 Å². The van der Waals surface area contributed by atoms with Crippen LogP contribution in [0.4, 0.5) is 4.39 Å². The van der Waals surface area contributed by atoms with E-state index in [1.165, 1.54) is 34.5 Å². The van der Waals surface area contributed by atoms with Crippen molar-refractivity contribution in [3.8, 4) is 5.75 Å². The van der Waals surface area contributed by atoms with Gasteiger partial charge in [0.2, 0.25) is 0 Å². The third kappa shape index (κ3) is 4.28. The molecule has 0 radical (unpaired) electrons. The highest BCUT2D eigenvalue weighted by molar-refractivity contribution is 5.89. The Morgan fingerprint density at radius 3 is 2.24 bits per heavy atom. The van der Waals surface area contributed by atoms with Crippen LogP contribution in [0.25, 0.3) is 10.9 Å². The van der Waals surface area contributed by atoms with Crippen molar-refractivity contribution in [2.75, 3.05) is 0 Å². The number of hydrogen-bond donors (Lipinski definition) is 0. The van der Waals surface area contributed by atoms with Crippen LogP contribution in [0.1, 0.15) is 27.9 Å². The van der Waals surface area contributed by atoms with Crippen LogP contribution in [0.2, 0.25) is 0 Å². The molecule has 0 saturated heterocycles. The molecule has 0 fully saturated rings. The van der Waals surface area contributed by atoms with Gasteiger partial charge < -0.3 is 9.30 Å². The van der Waals surface area contributed by atoms with Gasteiger partial charge in [-0.2, -0.15) is 0 Å². The largest absolute Gasteiger partial charge is 0.485 e. The molecule has 0 N–H and O–H groups in total. The van der Waals surface area contributed by atoms with Crippen molar-refractivity contribution in [1.29, 1.82) is 0 Å². The van der Waals surface area contributed by atoms with Crippen molar-refractivity contribution in [3.05, 3.63) is 94.7 Å². The lowest BCUT2D eigenvalue weighted by Crippen LogP contribution is -2.04. The average Bonchev–Trinajstić information content (AvgIpc) is 2.95. The fourth-order valence-corrected chi connectivity index (χ4v) is 3.47. The number of aryl methyl sites for hydroxylation is 2. The molecule has 0 unspecified atom stereocenters. The van der Waals surface area contributed by atoms with E-state index < -0.39 is 0 Å². The number of halogens is 2. The topological polar surface area (TPSA) is 27.1 Å². The molecule has 2 aromatic heterocycles. The Balaban J connectivity index is 0.00000240. The number of aromatic nitrogens is 2. The lowest BCUT2D eigenvalue weighted by Gasteiger charge is -2.13. The van der Waals surface area contributed by atoms with Crippen molar-refractivity contribution in [3.63, 3.8) is 0 Å². The smallest absolute Gasteiger partial charge is 0.162 e. The van der Waals surface area contributed by atoms with Crippen LogP contribution in [0, 0.1) is 26.6 Å². The molecule has 2 aromatic carbocycles. The summed E-state index contributed by atoms with van der Waals surface area (Å²) in [6.45, 7) is 7.49. The first kappa shape index (κ1) is 20.9. The minimum atomic E-state index is -0.245. The minimum Gasteiger partial charge on any atom is -0.485 e. The van der Waals surface area contributed by atoms with Gasteiger partial charge in [0.1, 0.15) is 12.4 Å². The maximum atomic E-state index is 13.1. The Morgan fingerprint density at radius 1 is 0.897 bits per heavy atom. The monoisotopic (exact) mass is 410 g/mol. The zero-order valence-corrected chi connectivity index (χ0v) is 17.6. The molecule has 0 aliphatic heterocycles. The van der Waals surface area contributed by atoms with Gasteiger partial charge in [0.15, 0.2) is 5.75 Å². The van der Waals surface area contributed by atoms with Crippen LogP contribution in [-0.2, 0) is 13.2 Å². The SMILES string of the molecule is Cc1ccc(Cn2c(C)c(C)c3cncc(OCc4ccc(F)cc4)c32)cc1.Cl. The van der Waals surface area contributed by atoms with E-state index in [2.05, 4.69) is 54.6 Å². The maximum absolute atomic E-state index is 13.1. The van der Waals surface area contributed by atoms with Crippen molar-refractivity contribution < 1.29 is 9.13 Å². The summed E-state index contributed by atoms with van der Waals surface area (Å²) >= 11 is 0. The summed E-state index contributed by atoms with van der Waals surface area (Å²) in [5.41, 5.74) is 6.88. The van der Waals surface area contributed by atoms with E-state index in [4.69, 9.17) is 4.74 Å². The first-order valence-electron chi connectivity index (χ1n) is 9.39. The van der Waals surface area contributed by atoms with Gasteiger partial charge in [-0.25, -0.2) is 4.39 Å². The van der Waals surface area contributed by atoms with Gasteiger partial charge >= 0.3 is 0 Å². The molecule has 0 aliphatic rings. The van der Waals surface area contributed by atoms with Gasteiger partial charge in [-0.15, -0.1) is 12.4 Å². The van der Waals surface area contributed by atoms with Gasteiger partial charge in [-0.3, -0.25) is 4.98 Å². The standard InChI is InChI=1S/C24H23FN2O.ClH/c1-16-4-6-19(7-5-16)14-27-18(3)17(2)22-12-26-13-23(24(22)27)28-15-20-8-10-21(25)11-9-20;/h4-13H,14-15H2,1-3H3;1H. The summed E-state index contributed by atoms with van der Waals surface area (Å²) in [6.07, 6.45) is 3.66. The van der Waals surface area contributed by atoms with Crippen molar-refractivity contribution in [2.45, 2.75) is 33.9 Å². The summed E-state index contributed by atoms with van der Waals surface area (Å²) in [6, 6.07) is 15.0. The predicted molar refractivity (Wildman–Crippen MR) is 117 cm³/mol. The van der Waals surface area contributed by atoms with E-state index >= 15 is 0 Å². The highest BCUT2D eigenvalue weighted by Gasteiger charge is 2.16. The van der Waals surface area contributed by atoms with Crippen molar-refractivity contribution in [1.82, 2.24) is 9.55 Å². The molecule has 0 atom stereocenters. The fraction of sp³-hybridized carbons (Fsp3) is 0.208. The van der Waals surface area contributed by atoms with E-state index in [1.54, 1.807) is 18.3 Å². The highest BCUT2D eigenvalue weighted by Crippen LogP contribution is 2.32. The average molecular weight is 411 g/mol. The molecule has 4 rings (SSSR count). The number of ether oxygens (including phenoxy) is 1. The maximum Gasteiger partial charge on any atom is 0.162 e. The summed E-state index contributed by atoms with van der Waals surface area (Å²) in [5, 5.41) is 1.10. The van der Waals surface area contributed by atoms with E-state index in [9.17, 15) is 4.39 Å². The molecule has 4 aromatic rings. The van der Waals surface area contributed by atoms with Crippen molar-refractivity contribution in [2.24, 2.45) is 0 Å². The van der Waals surface area contributed by atoms with E-state index in [0.717, 1.165) is 28.8 Å². The highest BCUT2D eigenvalue weighted by atomic mass is 35.5. The van der Waals surface area contributed by atoms with E-state index in [-0.39, 0.29) is 18.2 Å². The number of rotatable bonds is 5. The third-order valence-corrected chi connectivity index (χ3v) is 5.27. The van der Waals surface area contributed by atoms with Gasteiger partial charge in [-0.05, 0) is 49.6 Å². The molecule has 0 amide bonds.